The molecule has 26 heavy (non-hydrogen) atoms. The van der Waals surface area contributed by atoms with Crippen LogP contribution in [0.5, 0.6) is 0 Å². The number of hydrogen-bond donors (Lipinski definition) is 1. The summed E-state index contributed by atoms with van der Waals surface area (Å²) in [7, 11) is 0. The summed E-state index contributed by atoms with van der Waals surface area (Å²) in [6.07, 6.45) is -1.84. The van der Waals surface area contributed by atoms with Gasteiger partial charge >= 0.3 is 12.1 Å². The van der Waals surface area contributed by atoms with Gasteiger partial charge in [-0.3, -0.25) is 4.68 Å². The Morgan fingerprint density at radius 1 is 1.35 bits per heavy atom. The Hall–Kier alpha value is -2.20. The van der Waals surface area contributed by atoms with E-state index in [0.717, 1.165) is 17.0 Å². The molecule has 2 aromatic heterocycles. The fourth-order valence-electron chi connectivity index (χ4n) is 2.29. The Bertz CT molecular complexity index is 982. The number of nitrogens with zero attached hydrogens (tertiary/aromatic N) is 3. The van der Waals surface area contributed by atoms with Crippen LogP contribution in [-0.2, 0) is 12.7 Å². The van der Waals surface area contributed by atoms with E-state index in [0.29, 0.717) is 20.7 Å². The molecule has 1 aromatic carbocycles. The molecule has 0 saturated carbocycles. The molecule has 10 heteroatoms. The molecule has 0 unspecified atom stereocenters. The zero-order valence-corrected chi connectivity index (χ0v) is 15.6. The van der Waals surface area contributed by atoms with Crippen molar-refractivity contribution in [1.82, 2.24) is 14.8 Å². The molecular weight excluding hydrogens is 435 g/mol. The van der Waals surface area contributed by atoms with Crippen LogP contribution in [0, 0.1) is 6.92 Å². The topological polar surface area (TPSA) is 68.0 Å². The summed E-state index contributed by atoms with van der Waals surface area (Å²) < 4.78 is 40.8. The van der Waals surface area contributed by atoms with Crippen molar-refractivity contribution in [1.29, 1.82) is 0 Å². The summed E-state index contributed by atoms with van der Waals surface area (Å²) in [6.45, 7) is 2.04. The van der Waals surface area contributed by atoms with Crippen LogP contribution in [-0.4, -0.2) is 25.8 Å². The zero-order valence-electron chi connectivity index (χ0n) is 13.2. The maximum absolute atomic E-state index is 13.0. The highest BCUT2D eigenvalue weighted by atomic mass is 79.9. The second kappa shape index (κ2) is 6.84. The van der Waals surface area contributed by atoms with Crippen molar-refractivity contribution in [3.63, 3.8) is 0 Å². The first-order valence-corrected chi connectivity index (χ1v) is 8.84. The summed E-state index contributed by atoms with van der Waals surface area (Å²) in [5.74, 6) is -1.08. The van der Waals surface area contributed by atoms with Gasteiger partial charge in [-0.2, -0.15) is 18.3 Å². The maximum atomic E-state index is 13.0. The molecule has 0 radical (unpaired) electrons. The Kier molecular flexibility index (Phi) is 4.89. The van der Waals surface area contributed by atoms with Gasteiger partial charge in [-0.05, 0) is 25.1 Å². The van der Waals surface area contributed by atoms with Gasteiger partial charge in [0.1, 0.15) is 5.01 Å². The number of aromatic carboxylic acids is 1. The second-order valence-corrected chi connectivity index (χ2v) is 7.60. The average molecular weight is 446 g/mol. The Morgan fingerprint density at radius 3 is 2.69 bits per heavy atom. The van der Waals surface area contributed by atoms with Crippen LogP contribution in [0.3, 0.4) is 0 Å². The van der Waals surface area contributed by atoms with Gasteiger partial charge in [0.25, 0.3) is 0 Å². The predicted molar refractivity (Wildman–Crippen MR) is 93.3 cm³/mol. The standard InChI is InChI=1S/C16H11BrF3N3O2S/c1-8-13(7-23-6-10(5-21-23)15(24)25)22-14(26-8)9-2-11(16(18,19)20)4-12(17)3-9/h2-6H,7H2,1H3,(H,24,25). The number of halogens is 4. The van der Waals surface area contributed by atoms with Crippen molar-refractivity contribution >= 4 is 33.2 Å². The molecule has 0 aliphatic rings. The highest BCUT2D eigenvalue weighted by molar-refractivity contribution is 9.10. The maximum Gasteiger partial charge on any atom is 0.416 e. The fraction of sp³-hybridized carbons (Fsp3) is 0.188. The lowest BCUT2D eigenvalue weighted by atomic mass is 10.1. The van der Waals surface area contributed by atoms with Crippen LogP contribution in [0.15, 0.2) is 35.1 Å². The summed E-state index contributed by atoms with van der Waals surface area (Å²) in [6, 6.07) is 3.65. The average Bonchev–Trinajstić information content (AvgIpc) is 3.14. The summed E-state index contributed by atoms with van der Waals surface area (Å²) in [4.78, 5) is 16.1. The van der Waals surface area contributed by atoms with Crippen LogP contribution >= 0.6 is 27.3 Å². The summed E-state index contributed by atoms with van der Waals surface area (Å²) in [5.41, 5.74) is 0.283. The van der Waals surface area contributed by atoms with Crippen LogP contribution < -0.4 is 0 Å². The van der Waals surface area contributed by atoms with E-state index in [-0.39, 0.29) is 12.1 Å². The van der Waals surface area contributed by atoms with Crippen molar-refractivity contribution in [3.05, 3.63) is 56.8 Å². The molecule has 0 bridgehead atoms. The molecule has 136 valence electrons. The molecule has 3 aromatic rings. The van der Waals surface area contributed by atoms with Crippen molar-refractivity contribution < 1.29 is 23.1 Å². The number of aryl methyl sites for hydroxylation is 1. The van der Waals surface area contributed by atoms with Gasteiger partial charge in [-0.25, -0.2) is 9.78 Å². The van der Waals surface area contributed by atoms with E-state index in [9.17, 15) is 18.0 Å². The Morgan fingerprint density at radius 2 is 2.08 bits per heavy atom. The van der Waals surface area contributed by atoms with Gasteiger partial charge < -0.3 is 5.11 Å². The van der Waals surface area contributed by atoms with Gasteiger partial charge in [0.2, 0.25) is 0 Å². The van der Waals surface area contributed by atoms with E-state index in [4.69, 9.17) is 5.11 Å². The lowest BCUT2D eigenvalue weighted by Gasteiger charge is -2.08. The lowest BCUT2D eigenvalue weighted by molar-refractivity contribution is -0.137. The quantitative estimate of drug-likeness (QED) is 0.623. The number of hydrogen-bond acceptors (Lipinski definition) is 4. The largest absolute Gasteiger partial charge is 0.478 e. The normalized spacial score (nSPS) is 11.7. The van der Waals surface area contributed by atoms with Crippen molar-refractivity contribution in [2.45, 2.75) is 19.6 Å². The van der Waals surface area contributed by atoms with E-state index in [1.54, 1.807) is 13.0 Å². The minimum Gasteiger partial charge on any atom is -0.478 e. The van der Waals surface area contributed by atoms with E-state index < -0.39 is 17.7 Å². The van der Waals surface area contributed by atoms with Gasteiger partial charge in [-0.15, -0.1) is 11.3 Å². The Balaban J connectivity index is 1.93. The number of alkyl halides is 3. The van der Waals surface area contributed by atoms with Crippen molar-refractivity contribution in [2.75, 3.05) is 0 Å². The molecule has 3 rings (SSSR count). The molecule has 5 nitrogen and oxygen atoms in total. The molecule has 0 aliphatic carbocycles. The number of carboxylic acids is 1. The second-order valence-electron chi connectivity index (χ2n) is 5.48. The van der Waals surface area contributed by atoms with Crippen molar-refractivity contribution in [3.8, 4) is 10.6 Å². The zero-order chi connectivity index (χ0) is 19.1. The minimum absolute atomic E-state index is 0.0555. The first kappa shape index (κ1) is 18.6. The third-order valence-electron chi connectivity index (χ3n) is 3.56. The molecule has 0 spiro atoms. The first-order chi connectivity index (χ1) is 12.1. The number of aromatic nitrogens is 3. The molecule has 2 heterocycles. The number of carboxylic acid groups (broad SMARTS) is 1. The Labute approximate surface area is 158 Å². The molecular formula is C16H11BrF3N3O2S. The lowest BCUT2D eigenvalue weighted by Crippen LogP contribution is -2.05. The number of thiazole rings is 1. The van der Waals surface area contributed by atoms with Crippen LogP contribution in [0.4, 0.5) is 13.2 Å². The van der Waals surface area contributed by atoms with Gasteiger partial charge in [0, 0.05) is 21.1 Å². The van der Waals surface area contributed by atoms with Gasteiger partial charge in [-0.1, -0.05) is 15.9 Å². The molecule has 0 saturated heterocycles. The van der Waals surface area contributed by atoms with E-state index in [1.807, 2.05) is 0 Å². The van der Waals surface area contributed by atoms with Crippen molar-refractivity contribution in [2.24, 2.45) is 0 Å². The van der Waals surface area contributed by atoms with Crippen LogP contribution in [0.25, 0.3) is 10.6 Å². The van der Waals surface area contributed by atoms with E-state index in [1.165, 1.54) is 28.4 Å². The number of benzene rings is 1. The number of carbonyl (C=O) groups is 1. The third kappa shape index (κ3) is 3.96. The van der Waals surface area contributed by atoms with Crippen LogP contribution in [0.2, 0.25) is 0 Å². The molecule has 0 amide bonds. The summed E-state index contributed by atoms with van der Waals surface area (Å²) >= 11 is 4.38. The third-order valence-corrected chi connectivity index (χ3v) is 5.08. The molecule has 0 fully saturated rings. The first-order valence-electron chi connectivity index (χ1n) is 7.23. The molecule has 0 atom stereocenters. The van der Waals surface area contributed by atoms with E-state index >= 15 is 0 Å². The fourth-order valence-corrected chi connectivity index (χ4v) is 3.69. The number of rotatable bonds is 4. The molecule has 0 aliphatic heterocycles. The van der Waals surface area contributed by atoms with Gasteiger partial charge in [0.05, 0.1) is 29.6 Å². The summed E-state index contributed by atoms with van der Waals surface area (Å²) in [5, 5.41) is 13.3. The van der Waals surface area contributed by atoms with Gasteiger partial charge in [0.15, 0.2) is 0 Å². The molecule has 1 N–H and O–H groups in total. The SMILES string of the molecule is Cc1sc(-c2cc(Br)cc(C(F)(F)F)c2)nc1Cn1cc(C(=O)O)cn1. The minimum atomic E-state index is -4.45. The van der Waals surface area contributed by atoms with Crippen LogP contribution in [0.1, 0.15) is 26.5 Å². The smallest absolute Gasteiger partial charge is 0.416 e. The van der Waals surface area contributed by atoms with E-state index in [2.05, 4.69) is 26.0 Å². The highest BCUT2D eigenvalue weighted by Gasteiger charge is 2.31. The predicted octanol–water partition coefficient (Wildman–Crippen LogP) is 4.84. The monoisotopic (exact) mass is 445 g/mol. The highest BCUT2D eigenvalue weighted by Crippen LogP contribution is 2.36.